The maximum atomic E-state index is 13.1. The minimum Gasteiger partial charge on any atom is -0.433 e. The monoisotopic (exact) mass is 402 g/mol. The van der Waals surface area contributed by atoms with Crippen molar-refractivity contribution in [2.45, 2.75) is 60.1 Å². The summed E-state index contributed by atoms with van der Waals surface area (Å²) in [5, 5.41) is 2.59. The zero-order chi connectivity index (χ0) is 22.3. The van der Waals surface area contributed by atoms with Crippen molar-refractivity contribution in [2.75, 3.05) is 5.32 Å². The Morgan fingerprint density at radius 2 is 1.72 bits per heavy atom. The topological polar surface area (TPSA) is 110 Å². The van der Waals surface area contributed by atoms with E-state index in [0.717, 1.165) is 0 Å². The summed E-state index contributed by atoms with van der Waals surface area (Å²) >= 11 is 0. The van der Waals surface area contributed by atoms with Crippen LogP contribution in [0, 0.1) is 12.3 Å². The van der Waals surface area contributed by atoms with Crippen LogP contribution in [-0.4, -0.2) is 46.0 Å². The molecule has 156 valence electrons. The number of carbonyl (C=O) groups is 5. The van der Waals surface area contributed by atoms with Crippen molar-refractivity contribution in [1.29, 1.82) is 0 Å². The van der Waals surface area contributed by atoms with Crippen molar-refractivity contribution < 1.29 is 28.7 Å². The van der Waals surface area contributed by atoms with Gasteiger partial charge in [-0.1, -0.05) is 32.9 Å². The number of nitrogens with zero attached hydrogens (tertiary/aromatic N) is 1. The number of imide groups is 1. The molecule has 3 amide bonds. The number of anilines is 1. The van der Waals surface area contributed by atoms with Gasteiger partial charge in [0.05, 0.1) is 0 Å². The number of rotatable bonds is 5. The van der Waals surface area contributed by atoms with Crippen molar-refractivity contribution in [2.24, 2.45) is 5.41 Å². The lowest BCUT2D eigenvalue weighted by Gasteiger charge is -2.28. The van der Waals surface area contributed by atoms with Crippen LogP contribution in [0.5, 0.6) is 0 Å². The fraction of sp³-hybridized carbons (Fsp3) is 0.476. The molecule has 2 rings (SSSR count). The molecule has 29 heavy (non-hydrogen) atoms. The van der Waals surface area contributed by atoms with E-state index in [1.165, 1.54) is 26.8 Å². The van der Waals surface area contributed by atoms with Gasteiger partial charge >= 0.3 is 6.09 Å². The Bertz CT molecular complexity index is 910. The highest BCUT2D eigenvalue weighted by molar-refractivity contribution is 6.19. The molecule has 0 bridgehead atoms. The number of benzene rings is 1. The van der Waals surface area contributed by atoms with Gasteiger partial charge in [-0.15, -0.1) is 0 Å². The summed E-state index contributed by atoms with van der Waals surface area (Å²) in [5.74, 6) is -2.42. The summed E-state index contributed by atoms with van der Waals surface area (Å²) in [6.45, 7) is 10.7. The Morgan fingerprint density at radius 3 is 2.17 bits per heavy atom. The molecule has 1 fully saturated rings. The number of amides is 3. The van der Waals surface area contributed by atoms with Crippen LogP contribution in [0.2, 0.25) is 0 Å². The highest BCUT2D eigenvalue weighted by Crippen LogP contribution is 2.30. The maximum Gasteiger partial charge on any atom is 0.418 e. The lowest BCUT2D eigenvalue weighted by atomic mass is 9.85. The number of nitrogens with one attached hydrogen (secondary N) is 1. The molecule has 0 spiro atoms. The van der Waals surface area contributed by atoms with Crippen molar-refractivity contribution in [1.82, 2.24) is 4.90 Å². The molecule has 1 atom stereocenters. The summed E-state index contributed by atoms with van der Waals surface area (Å²) in [7, 11) is 0. The van der Waals surface area contributed by atoms with E-state index in [1.807, 2.05) is 0 Å². The predicted octanol–water partition coefficient (Wildman–Crippen LogP) is 2.88. The van der Waals surface area contributed by atoms with Crippen LogP contribution in [-0.2, 0) is 19.1 Å². The van der Waals surface area contributed by atoms with Crippen LogP contribution >= 0.6 is 0 Å². The molecular formula is C21H26N2O6. The van der Waals surface area contributed by atoms with Crippen LogP contribution in [0.25, 0.3) is 0 Å². The van der Waals surface area contributed by atoms with E-state index in [0.29, 0.717) is 21.7 Å². The predicted molar refractivity (Wildman–Crippen MR) is 105 cm³/mol. The molecule has 1 aliphatic heterocycles. The summed E-state index contributed by atoms with van der Waals surface area (Å²) in [6, 6.07) is 3.07. The average Bonchev–Trinajstić information content (AvgIpc) is 2.77. The maximum absolute atomic E-state index is 13.1. The number of ketones is 2. The zero-order valence-electron chi connectivity index (χ0n) is 17.7. The third-order valence-electron chi connectivity index (χ3n) is 4.67. The Labute approximate surface area is 169 Å². The van der Waals surface area contributed by atoms with Crippen molar-refractivity contribution >= 4 is 35.2 Å². The van der Waals surface area contributed by atoms with Gasteiger partial charge in [-0.2, -0.15) is 0 Å². The van der Waals surface area contributed by atoms with Crippen LogP contribution in [0.4, 0.5) is 10.5 Å². The molecule has 1 heterocycles. The van der Waals surface area contributed by atoms with Gasteiger partial charge < -0.3 is 10.1 Å². The fourth-order valence-corrected chi connectivity index (χ4v) is 2.85. The van der Waals surface area contributed by atoms with E-state index in [2.05, 4.69) is 5.32 Å². The number of Topliss-reactive ketones (excluding diaryl/α,β-unsaturated/α-hetero) is 2. The van der Waals surface area contributed by atoms with Crippen LogP contribution in [0.1, 0.15) is 57.5 Å². The first-order valence-corrected chi connectivity index (χ1v) is 9.20. The minimum absolute atomic E-state index is 0.192. The summed E-state index contributed by atoms with van der Waals surface area (Å²) in [6.07, 6.45) is -1.05. The number of hydrogen-bond acceptors (Lipinski definition) is 6. The smallest absolute Gasteiger partial charge is 0.418 e. The lowest BCUT2D eigenvalue weighted by molar-refractivity contribution is -0.145. The summed E-state index contributed by atoms with van der Waals surface area (Å²) < 4.78 is 5.05. The second kappa shape index (κ2) is 7.42. The standard InChI is InChI=1S/C21H26N2O6/c1-11-8-9-13(12(2)24)10-14(11)22-17(26)15(16(25)20(3,4)5)23-18(27)21(6,7)29-19(23)28/h8-10,15H,1-7H3,(H,22,26). The molecule has 1 N–H and O–H groups in total. The first kappa shape index (κ1) is 22.3. The Hall–Kier alpha value is -3.03. The van der Waals surface area contributed by atoms with Crippen molar-refractivity contribution in [3.8, 4) is 0 Å². The number of hydrogen-bond donors (Lipinski definition) is 1. The first-order chi connectivity index (χ1) is 13.2. The molecule has 0 aromatic heterocycles. The van der Waals surface area contributed by atoms with Gasteiger partial charge in [0.1, 0.15) is 0 Å². The van der Waals surface area contributed by atoms with Gasteiger partial charge in [-0.05, 0) is 39.3 Å². The van der Waals surface area contributed by atoms with Gasteiger partial charge in [0.2, 0.25) is 0 Å². The van der Waals surface area contributed by atoms with Gasteiger partial charge in [0, 0.05) is 16.7 Å². The molecule has 8 heteroatoms. The molecule has 0 radical (unpaired) electrons. The van der Waals surface area contributed by atoms with E-state index in [4.69, 9.17) is 4.74 Å². The summed E-state index contributed by atoms with van der Waals surface area (Å²) in [5.41, 5.74) is -1.14. The normalized spacial score (nSPS) is 17.0. The Morgan fingerprint density at radius 1 is 1.14 bits per heavy atom. The molecule has 8 nitrogen and oxygen atoms in total. The van der Waals surface area contributed by atoms with Gasteiger partial charge in [0.15, 0.2) is 23.2 Å². The SMILES string of the molecule is CC(=O)c1ccc(C)c(NC(=O)C(C(=O)C(C)(C)C)N2C(=O)OC(C)(C)C2=O)c1. The van der Waals surface area contributed by atoms with Crippen molar-refractivity contribution in [3.05, 3.63) is 29.3 Å². The molecule has 1 aromatic carbocycles. The third kappa shape index (κ3) is 4.36. The minimum atomic E-state index is -1.70. The Balaban J connectivity index is 2.48. The van der Waals surface area contributed by atoms with Crippen LogP contribution in [0.3, 0.4) is 0 Å². The van der Waals surface area contributed by atoms with E-state index in [-0.39, 0.29) is 5.78 Å². The van der Waals surface area contributed by atoms with Gasteiger partial charge in [-0.3, -0.25) is 19.2 Å². The zero-order valence-corrected chi connectivity index (χ0v) is 17.7. The van der Waals surface area contributed by atoms with E-state index >= 15 is 0 Å². The van der Waals surface area contributed by atoms with Crippen LogP contribution < -0.4 is 5.32 Å². The number of aryl methyl sites for hydroxylation is 1. The number of cyclic esters (lactones) is 1. The largest absolute Gasteiger partial charge is 0.433 e. The number of ether oxygens (including phenoxy) is 1. The van der Waals surface area contributed by atoms with Gasteiger partial charge in [-0.25, -0.2) is 9.69 Å². The molecule has 1 saturated heterocycles. The molecular weight excluding hydrogens is 376 g/mol. The highest BCUT2D eigenvalue weighted by Gasteiger charge is 2.55. The third-order valence-corrected chi connectivity index (χ3v) is 4.67. The second-order valence-corrected chi connectivity index (χ2v) is 8.65. The van der Waals surface area contributed by atoms with E-state index < -0.39 is 40.7 Å². The van der Waals surface area contributed by atoms with Crippen LogP contribution in [0.15, 0.2) is 18.2 Å². The average molecular weight is 402 g/mol. The quantitative estimate of drug-likeness (QED) is 0.599. The highest BCUT2D eigenvalue weighted by atomic mass is 16.6. The van der Waals surface area contributed by atoms with E-state index in [1.54, 1.807) is 39.8 Å². The lowest BCUT2D eigenvalue weighted by Crippen LogP contribution is -2.55. The van der Waals surface area contributed by atoms with Gasteiger partial charge in [0.25, 0.3) is 11.8 Å². The first-order valence-electron chi connectivity index (χ1n) is 9.20. The Kier molecular flexibility index (Phi) is 5.70. The molecule has 1 unspecified atom stereocenters. The fourth-order valence-electron chi connectivity index (χ4n) is 2.85. The molecule has 0 saturated carbocycles. The van der Waals surface area contributed by atoms with E-state index in [9.17, 15) is 24.0 Å². The molecule has 1 aromatic rings. The second-order valence-electron chi connectivity index (χ2n) is 8.65. The molecule has 0 aliphatic carbocycles. The molecule has 1 aliphatic rings. The summed E-state index contributed by atoms with van der Waals surface area (Å²) in [4.78, 5) is 63.4. The van der Waals surface area contributed by atoms with Crippen molar-refractivity contribution in [3.63, 3.8) is 0 Å². The number of carbonyl (C=O) groups excluding carboxylic acids is 5.